The molecule has 3 heterocycles. The first kappa shape index (κ1) is 15.7. The van der Waals surface area contributed by atoms with Crippen molar-refractivity contribution in [3.63, 3.8) is 0 Å². The number of Topliss-reactive ketones (excluding diaryl/α,β-unsaturated/α-hetero) is 1. The number of nitrogens with zero attached hydrogens (tertiary/aromatic N) is 1. The van der Waals surface area contributed by atoms with Gasteiger partial charge in [0.15, 0.2) is 11.5 Å². The standard InChI is InChI=1S/C19H19NO5/c1-23-13-4-5-14-15(21)12-19(25-17(14)11-13)6-8-20(9-7-19)18(22)16-3-2-10-24-16/h2-5,10-11H,6-9,12H2,1H3. The van der Waals surface area contributed by atoms with E-state index in [-0.39, 0.29) is 11.7 Å². The predicted molar refractivity (Wildman–Crippen MR) is 89.1 cm³/mol. The number of ketones is 1. The second kappa shape index (κ2) is 5.95. The fourth-order valence-electron chi connectivity index (χ4n) is 3.55. The van der Waals surface area contributed by atoms with E-state index in [4.69, 9.17) is 13.9 Å². The lowest BCUT2D eigenvalue weighted by Gasteiger charge is -2.43. The molecule has 1 aromatic heterocycles. The van der Waals surface area contributed by atoms with Crippen LogP contribution in [-0.2, 0) is 0 Å². The number of furan rings is 1. The van der Waals surface area contributed by atoms with Gasteiger partial charge in [0.1, 0.15) is 17.1 Å². The van der Waals surface area contributed by atoms with Crippen molar-refractivity contribution in [3.05, 3.63) is 47.9 Å². The van der Waals surface area contributed by atoms with Crippen LogP contribution in [0.5, 0.6) is 11.5 Å². The topological polar surface area (TPSA) is 69.0 Å². The van der Waals surface area contributed by atoms with Gasteiger partial charge >= 0.3 is 0 Å². The number of hydrogen-bond donors (Lipinski definition) is 0. The molecule has 2 aliphatic rings. The molecule has 0 atom stereocenters. The number of rotatable bonds is 2. The number of methoxy groups -OCH3 is 1. The van der Waals surface area contributed by atoms with Gasteiger partial charge in [0.05, 0.1) is 25.4 Å². The molecule has 6 nitrogen and oxygen atoms in total. The fourth-order valence-corrected chi connectivity index (χ4v) is 3.55. The number of fused-ring (bicyclic) bond motifs is 1. The first-order valence-electron chi connectivity index (χ1n) is 8.33. The van der Waals surface area contributed by atoms with Gasteiger partial charge in [0.25, 0.3) is 5.91 Å². The number of ether oxygens (including phenoxy) is 2. The van der Waals surface area contributed by atoms with E-state index in [9.17, 15) is 9.59 Å². The second-order valence-corrected chi connectivity index (χ2v) is 6.52. The zero-order valence-corrected chi connectivity index (χ0v) is 14.0. The minimum absolute atomic E-state index is 0.0784. The van der Waals surface area contributed by atoms with E-state index in [0.717, 1.165) is 0 Å². The summed E-state index contributed by atoms with van der Waals surface area (Å²) in [6, 6.07) is 8.64. The zero-order valence-electron chi connectivity index (χ0n) is 14.0. The Morgan fingerprint density at radius 2 is 2.04 bits per heavy atom. The third kappa shape index (κ3) is 2.77. The van der Waals surface area contributed by atoms with E-state index >= 15 is 0 Å². The molecule has 0 bridgehead atoms. The van der Waals surface area contributed by atoms with Crippen LogP contribution in [-0.4, -0.2) is 42.4 Å². The van der Waals surface area contributed by atoms with Gasteiger partial charge in [-0.1, -0.05) is 0 Å². The van der Waals surface area contributed by atoms with Gasteiger partial charge in [-0.3, -0.25) is 9.59 Å². The Kier molecular flexibility index (Phi) is 3.75. The number of carbonyl (C=O) groups is 2. The van der Waals surface area contributed by atoms with Gasteiger partial charge in [-0.2, -0.15) is 0 Å². The van der Waals surface area contributed by atoms with Gasteiger partial charge in [0.2, 0.25) is 0 Å². The number of likely N-dealkylation sites (tertiary alicyclic amines) is 1. The van der Waals surface area contributed by atoms with Crippen LogP contribution in [0.2, 0.25) is 0 Å². The molecule has 1 aromatic carbocycles. The summed E-state index contributed by atoms with van der Waals surface area (Å²) in [5.41, 5.74) is 0.0525. The molecule has 130 valence electrons. The van der Waals surface area contributed by atoms with E-state index < -0.39 is 5.60 Å². The first-order valence-corrected chi connectivity index (χ1v) is 8.33. The fraction of sp³-hybridized carbons (Fsp3) is 0.368. The van der Waals surface area contributed by atoms with Crippen molar-refractivity contribution in [1.82, 2.24) is 4.90 Å². The van der Waals surface area contributed by atoms with Gasteiger partial charge in [-0.15, -0.1) is 0 Å². The molecule has 0 saturated carbocycles. The van der Waals surface area contributed by atoms with Gasteiger partial charge < -0.3 is 18.8 Å². The normalized spacial score (nSPS) is 18.6. The van der Waals surface area contributed by atoms with Crippen LogP contribution >= 0.6 is 0 Å². The SMILES string of the molecule is COc1ccc2c(c1)OC1(CCN(C(=O)c3ccco3)CC1)CC2=O. The minimum atomic E-state index is -0.545. The molecular formula is C19H19NO5. The Labute approximate surface area is 145 Å². The summed E-state index contributed by atoms with van der Waals surface area (Å²) in [5, 5.41) is 0. The van der Waals surface area contributed by atoms with Crippen molar-refractivity contribution in [2.75, 3.05) is 20.2 Å². The first-order chi connectivity index (χ1) is 12.1. The molecule has 6 heteroatoms. The largest absolute Gasteiger partial charge is 0.497 e. The molecule has 1 amide bonds. The lowest BCUT2D eigenvalue weighted by molar-refractivity contribution is -0.00651. The highest BCUT2D eigenvalue weighted by Gasteiger charge is 2.44. The number of hydrogen-bond acceptors (Lipinski definition) is 5. The molecule has 0 aliphatic carbocycles. The van der Waals surface area contributed by atoms with Gasteiger partial charge in [0, 0.05) is 32.0 Å². The highest BCUT2D eigenvalue weighted by Crippen LogP contribution is 2.40. The van der Waals surface area contributed by atoms with Crippen LogP contribution in [0.3, 0.4) is 0 Å². The van der Waals surface area contributed by atoms with Crippen LogP contribution in [0.15, 0.2) is 41.0 Å². The number of amides is 1. The summed E-state index contributed by atoms with van der Waals surface area (Å²) in [7, 11) is 1.58. The summed E-state index contributed by atoms with van der Waals surface area (Å²) in [5.74, 6) is 1.53. The molecular weight excluding hydrogens is 322 g/mol. The maximum atomic E-state index is 12.5. The smallest absolute Gasteiger partial charge is 0.289 e. The van der Waals surface area contributed by atoms with Crippen molar-refractivity contribution < 1.29 is 23.5 Å². The number of carbonyl (C=O) groups excluding carboxylic acids is 2. The van der Waals surface area contributed by atoms with E-state index in [1.165, 1.54) is 6.26 Å². The summed E-state index contributed by atoms with van der Waals surface area (Å²) >= 11 is 0. The molecule has 25 heavy (non-hydrogen) atoms. The minimum Gasteiger partial charge on any atom is -0.497 e. The Balaban J connectivity index is 1.51. The molecule has 0 radical (unpaired) electrons. The average Bonchev–Trinajstić information content (AvgIpc) is 3.16. The maximum absolute atomic E-state index is 12.5. The second-order valence-electron chi connectivity index (χ2n) is 6.52. The Bertz CT molecular complexity index is 803. The number of piperidine rings is 1. The summed E-state index contributed by atoms with van der Waals surface area (Å²) < 4.78 is 16.6. The van der Waals surface area contributed by atoms with Crippen molar-refractivity contribution in [2.24, 2.45) is 0 Å². The molecule has 0 unspecified atom stereocenters. The summed E-state index contributed by atoms with van der Waals surface area (Å²) in [4.78, 5) is 26.7. The van der Waals surface area contributed by atoms with Gasteiger partial charge in [-0.25, -0.2) is 0 Å². The lowest BCUT2D eigenvalue weighted by atomic mass is 9.82. The average molecular weight is 341 g/mol. The predicted octanol–water partition coefficient (Wildman–Crippen LogP) is 2.93. The monoisotopic (exact) mass is 341 g/mol. The van der Waals surface area contributed by atoms with E-state index in [2.05, 4.69) is 0 Å². The quantitative estimate of drug-likeness (QED) is 0.840. The number of benzene rings is 1. The molecule has 2 aromatic rings. The van der Waals surface area contributed by atoms with E-state index in [1.807, 2.05) is 0 Å². The van der Waals surface area contributed by atoms with Crippen molar-refractivity contribution in [2.45, 2.75) is 24.9 Å². The van der Waals surface area contributed by atoms with Crippen molar-refractivity contribution in [1.29, 1.82) is 0 Å². The van der Waals surface area contributed by atoms with Crippen LogP contribution in [0, 0.1) is 0 Å². The highest BCUT2D eigenvalue weighted by atomic mass is 16.5. The summed E-state index contributed by atoms with van der Waals surface area (Å²) in [6.45, 7) is 1.07. The van der Waals surface area contributed by atoms with Crippen LogP contribution < -0.4 is 9.47 Å². The Morgan fingerprint density at radius 1 is 1.24 bits per heavy atom. The highest BCUT2D eigenvalue weighted by molar-refractivity contribution is 6.00. The van der Waals surface area contributed by atoms with Crippen LogP contribution in [0.4, 0.5) is 0 Å². The van der Waals surface area contributed by atoms with Crippen molar-refractivity contribution >= 4 is 11.7 Å². The maximum Gasteiger partial charge on any atom is 0.289 e. The lowest BCUT2D eigenvalue weighted by Crippen LogP contribution is -2.52. The van der Waals surface area contributed by atoms with E-state index in [0.29, 0.717) is 55.2 Å². The molecule has 2 aliphatic heterocycles. The molecule has 1 saturated heterocycles. The third-order valence-corrected chi connectivity index (χ3v) is 4.99. The molecule has 1 fully saturated rings. The Morgan fingerprint density at radius 3 is 2.72 bits per heavy atom. The molecule has 1 spiro atoms. The van der Waals surface area contributed by atoms with Crippen LogP contribution in [0.25, 0.3) is 0 Å². The molecule has 0 N–H and O–H groups in total. The Hall–Kier alpha value is -2.76. The third-order valence-electron chi connectivity index (χ3n) is 4.99. The molecule has 4 rings (SSSR count). The van der Waals surface area contributed by atoms with E-state index in [1.54, 1.807) is 42.3 Å². The zero-order chi connectivity index (χ0) is 17.4. The summed E-state index contributed by atoms with van der Waals surface area (Å²) in [6.07, 6.45) is 3.06. The van der Waals surface area contributed by atoms with Crippen molar-refractivity contribution in [3.8, 4) is 11.5 Å². The van der Waals surface area contributed by atoms with Gasteiger partial charge in [-0.05, 0) is 24.3 Å². The van der Waals surface area contributed by atoms with Crippen LogP contribution in [0.1, 0.15) is 40.2 Å².